The minimum absolute atomic E-state index is 0.326. The molecule has 1 amide bonds. The Morgan fingerprint density at radius 2 is 2.21 bits per heavy atom. The summed E-state index contributed by atoms with van der Waals surface area (Å²) in [6.45, 7) is 3.37. The second-order valence-corrected chi connectivity index (χ2v) is 4.41. The summed E-state index contributed by atoms with van der Waals surface area (Å²) >= 11 is 5.95. The molecular weight excluding hydrogens is 268 g/mol. The molecule has 2 rings (SSSR count). The second kappa shape index (κ2) is 5.75. The highest BCUT2D eigenvalue weighted by molar-refractivity contribution is 6.32. The number of hydrogen-bond donors (Lipinski definition) is 1. The molecule has 1 atom stereocenters. The van der Waals surface area contributed by atoms with Crippen LogP contribution >= 0.6 is 11.6 Å². The topological polar surface area (TPSA) is 64.4 Å². The predicted molar refractivity (Wildman–Crippen MR) is 71.4 cm³/mol. The number of ether oxygens (including phenoxy) is 1. The Morgan fingerprint density at radius 1 is 1.47 bits per heavy atom. The molecule has 1 aromatic carbocycles. The van der Waals surface area contributed by atoms with E-state index in [0.717, 1.165) is 0 Å². The molecule has 0 radical (unpaired) electrons. The molecule has 1 heterocycles. The monoisotopic (exact) mass is 280 g/mol. The van der Waals surface area contributed by atoms with Crippen molar-refractivity contribution in [3.63, 3.8) is 0 Å². The number of hydrogen-bond acceptors (Lipinski definition) is 4. The number of carbonyl (C=O) groups is 1. The van der Waals surface area contributed by atoms with Crippen LogP contribution in [0, 0.1) is 6.92 Å². The van der Waals surface area contributed by atoms with E-state index in [4.69, 9.17) is 20.9 Å². The van der Waals surface area contributed by atoms with Crippen molar-refractivity contribution in [1.29, 1.82) is 0 Å². The fourth-order valence-corrected chi connectivity index (χ4v) is 1.62. The first-order valence-corrected chi connectivity index (χ1v) is 6.09. The summed E-state index contributed by atoms with van der Waals surface area (Å²) in [5.74, 6) is 1.11. The largest absolute Gasteiger partial charge is 0.479 e. The number of carbonyl (C=O) groups excluding carboxylic acids is 1. The third-order valence-corrected chi connectivity index (χ3v) is 2.70. The van der Waals surface area contributed by atoms with Gasteiger partial charge in [0, 0.05) is 6.07 Å². The van der Waals surface area contributed by atoms with E-state index in [9.17, 15) is 4.79 Å². The smallest absolute Gasteiger partial charge is 0.266 e. The van der Waals surface area contributed by atoms with Crippen LogP contribution < -0.4 is 10.1 Å². The maximum atomic E-state index is 11.9. The Bertz CT molecular complexity index is 583. The Labute approximate surface area is 115 Å². The van der Waals surface area contributed by atoms with Crippen LogP contribution in [0.1, 0.15) is 12.7 Å². The highest BCUT2D eigenvalue weighted by Crippen LogP contribution is 2.24. The first-order chi connectivity index (χ1) is 9.06. The van der Waals surface area contributed by atoms with Gasteiger partial charge in [0.05, 0.1) is 5.02 Å². The summed E-state index contributed by atoms with van der Waals surface area (Å²) in [5.41, 5.74) is 0. The molecule has 0 aliphatic heterocycles. The van der Waals surface area contributed by atoms with Crippen LogP contribution in [-0.2, 0) is 4.79 Å². The minimum Gasteiger partial charge on any atom is -0.479 e. The Balaban J connectivity index is 1.98. The lowest BCUT2D eigenvalue weighted by atomic mass is 10.3. The van der Waals surface area contributed by atoms with E-state index in [1.54, 1.807) is 44.2 Å². The van der Waals surface area contributed by atoms with Crippen LogP contribution in [0.25, 0.3) is 0 Å². The van der Waals surface area contributed by atoms with Crippen molar-refractivity contribution in [1.82, 2.24) is 5.16 Å². The number of amides is 1. The average Bonchev–Trinajstić information content (AvgIpc) is 2.77. The summed E-state index contributed by atoms with van der Waals surface area (Å²) in [5, 5.41) is 6.72. The van der Waals surface area contributed by atoms with Gasteiger partial charge in [-0.3, -0.25) is 4.79 Å². The number of nitrogens with zero attached hydrogens (tertiary/aromatic N) is 1. The van der Waals surface area contributed by atoms with E-state index in [-0.39, 0.29) is 5.91 Å². The van der Waals surface area contributed by atoms with Crippen molar-refractivity contribution < 1.29 is 14.1 Å². The molecule has 19 heavy (non-hydrogen) atoms. The number of nitrogens with one attached hydrogen (secondary N) is 1. The number of rotatable bonds is 4. The Hall–Kier alpha value is -2.01. The van der Waals surface area contributed by atoms with Gasteiger partial charge in [0.25, 0.3) is 5.91 Å². The molecule has 5 nitrogen and oxygen atoms in total. The first-order valence-electron chi connectivity index (χ1n) is 5.71. The van der Waals surface area contributed by atoms with E-state index in [2.05, 4.69) is 10.5 Å². The van der Waals surface area contributed by atoms with Crippen LogP contribution in [0.5, 0.6) is 5.75 Å². The summed E-state index contributed by atoms with van der Waals surface area (Å²) in [7, 11) is 0. The van der Waals surface area contributed by atoms with Gasteiger partial charge in [-0.05, 0) is 26.0 Å². The molecule has 100 valence electrons. The molecule has 0 saturated heterocycles. The number of para-hydroxylation sites is 1. The highest BCUT2D eigenvalue weighted by Gasteiger charge is 2.17. The molecule has 6 heteroatoms. The molecule has 0 bridgehead atoms. The zero-order valence-electron chi connectivity index (χ0n) is 10.5. The standard InChI is InChI=1S/C13H13ClN2O3/c1-8-7-12(16-19-8)15-13(17)9(2)18-11-6-4-3-5-10(11)14/h3-7,9H,1-2H3,(H,15,16,17). The Morgan fingerprint density at radius 3 is 2.84 bits per heavy atom. The number of halogens is 1. The SMILES string of the molecule is Cc1cc(NC(=O)C(C)Oc2ccccc2Cl)no1. The van der Waals surface area contributed by atoms with Crippen LogP contribution in [-0.4, -0.2) is 17.2 Å². The molecule has 1 N–H and O–H groups in total. The highest BCUT2D eigenvalue weighted by atomic mass is 35.5. The third-order valence-electron chi connectivity index (χ3n) is 2.39. The molecule has 0 aliphatic carbocycles. The molecule has 0 aliphatic rings. The van der Waals surface area contributed by atoms with Gasteiger partial charge in [-0.25, -0.2) is 0 Å². The first kappa shape index (κ1) is 13.4. The van der Waals surface area contributed by atoms with Crippen molar-refractivity contribution in [2.45, 2.75) is 20.0 Å². The van der Waals surface area contributed by atoms with Crippen molar-refractivity contribution in [2.75, 3.05) is 5.32 Å². The van der Waals surface area contributed by atoms with E-state index < -0.39 is 6.10 Å². The zero-order chi connectivity index (χ0) is 13.8. The Kier molecular flexibility index (Phi) is 4.06. The number of aromatic nitrogens is 1. The van der Waals surface area contributed by atoms with Crippen LogP contribution in [0.15, 0.2) is 34.9 Å². The van der Waals surface area contributed by atoms with Gasteiger partial charge in [0.1, 0.15) is 11.5 Å². The maximum Gasteiger partial charge on any atom is 0.266 e. The van der Waals surface area contributed by atoms with Crippen LogP contribution in [0.3, 0.4) is 0 Å². The predicted octanol–water partition coefficient (Wildman–Crippen LogP) is 3.04. The van der Waals surface area contributed by atoms with Crippen LogP contribution in [0.4, 0.5) is 5.82 Å². The van der Waals surface area contributed by atoms with Gasteiger partial charge in [0.2, 0.25) is 0 Å². The van der Waals surface area contributed by atoms with Crippen molar-refractivity contribution in [3.8, 4) is 5.75 Å². The lowest BCUT2D eigenvalue weighted by molar-refractivity contribution is -0.122. The minimum atomic E-state index is -0.697. The van der Waals surface area contributed by atoms with Gasteiger partial charge < -0.3 is 14.6 Å². The molecule has 1 unspecified atom stereocenters. The van der Waals surface area contributed by atoms with Crippen LogP contribution in [0.2, 0.25) is 5.02 Å². The number of benzene rings is 1. The lowest BCUT2D eigenvalue weighted by Crippen LogP contribution is -2.30. The van der Waals surface area contributed by atoms with E-state index in [1.807, 2.05) is 0 Å². The van der Waals surface area contributed by atoms with Crippen molar-refractivity contribution >= 4 is 23.3 Å². The van der Waals surface area contributed by atoms with E-state index in [1.165, 1.54) is 0 Å². The van der Waals surface area contributed by atoms with E-state index in [0.29, 0.717) is 22.4 Å². The molecule has 1 aromatic heterocycles. The molecule has 0 saturated carbocycles. The fourth-order valence-electron chi connectivity index (χ4n) is 1.44. The number of anilines is 1. The van der Waals surface area contributed by atoms with Crippen molar-refractivity contribution in [3.05, 3.63) is 41.1 Å². The normalized spacial score (nSPS) is 11.9. The van der Waals surface area contributed by atoms with Gasteiger partial charge >= 0.3 is 0 Å². The van der Waals surface area contributed by atoms with Gasteiger partial charge in [-0.2, -0.15) is 0 Å². The summed E-state index contributed by atoms with van der Waals surface area (Å²) in [6, 6.07) is 8.60. The van der Waals surface area contributed by atoms with Gasteiger partial charge in [0.15, 0.2) is 11.9 Å². The summed E-state index contributed by atoms with van der Waals surface area (Å²) in [4.78, 5) is 11.9. The third kappa shape index (κ3) is 3.48. The van der Waals surface area contributed by atoms with Crippen molar-refractivity contribution in [2.24, 2.45) is 0 Å². The zero-order valence-corrected chi connectivity index (χ0v) is 11.3. The fraction of sp³-hybridized carbons (Fsp3) is 0.231. The molecule has 0 fully saturated rings. The molecular formula is C13H13ClN2O3. The summed E-state index contributed by atoms with van der Waals surface area (Å²) in [6.07, 6.45) is -0.697. The van der Waals surface area contributed by atoms with Gasteiger partial charge in [-0.15, -0.1) is 0 Å². The van der Waals surface area contributed by atoms with Gasteiger partial charge in [-0.1, -0.05) is 28.9 Å². The number of aryl methyl sites for hydroxylation is 1. The summed E-state index contributed by atoms with van der Waals surface area (Å²) < 4.78 is 10.3. The molecule has 2 aromatic rings. The lowest BCUT2D eigenvalue weighted by Gasteiger charge is -2.14. The average molecular weight is 281 g/mol. The van der Waals surface area contributed by atoms with E-state index >= 15 is 0 Å². The maximum absolute atomic E-state index is 11.9. The second-order valence-electron chi connectivity index (χ2n) is 4.00. The molecule has 0 spiro atoms. The quantitative estimate of drug-likeness (QED) is 0.935.